The zero-order valence-electron chi connectivity index (χ0n) is 16.5. The van der Waals surface area contributed by atoms with Gasteiger partial charge in [-0.1, -0.05) is 24.3 Å². The van der Waals surface area contributed by atoms with E-state index in [4.69, 9.17) is 4.98 Å². The number of fused-ring (bicyclic) bond motifs is 1. The maximum absolute atomic E-state index is 12.0. The van der Waals surface area contributed by atoms with Gasteiger partial charge in [0, 0.05) is 36.0 Å². The summed E-state index contributed by atoms with van der Waals surface area (Å²) in [4.78, 5) is 16.9. The van der Waals surface area contributed by atoms with Crippen molar-refractivity contribution >= 4 is 16.9 Å². The molecule has 0 aliphatic heterocycles. The van der Waals surface area contributed by atoms with E-state index in [0.29, 0.717) is 5.56 Å². The van der Waals surface area contributed by atoms with Gasteiger partial charge < -0.3 is 9.88 Å². The Morgan fingerprint density at radius 1 is 1.14 bits per heavy atom. The molecular formula is C22H23N5O. The second-order valence-electron chi connectivity index (χ2n) is 6.82. The summed E-state index contributed by atoms with van der Waals surface area (Å²) in [6.07, 6.45) is 0. The van der Waals surface area contributed by atoms with Crippen LogP contribution in [0.2, 0.25) is 0 Å². The standard InChI is InChI=1S/C22H23N5O/c1-5-27-19-11-10-15(22(28)23-4)12-18(19)24-21(27)17-9-7-6-8-16(17)20-13(2)25-26-14(20)3/h6-12H,5H2,1-4H3,(H,23,28)(H,25,26). The largest absolute Gasteiger partial charge is 0.355 e. The fourth-order valence-electron chi connectivity index (χ4n) is 3.78. The lowest BCUT2D eigenvalue weighted by atomic mass is 9.97. The predicted octanol–water partition coefficient (Wildman–Crippen LogP) is 4.09. The van der Waals surface area contributed by atoms with Gasteiger partial charge >= 0.3 is 0 Å². The smallest absolute Gasteiger partial charge is 0.251 e. The minimum absolute atomic E-state index is 0.112. The highest BCUT2D eigenvalue weighted by Gasteiger charge is 2.19. The van der Waals surface area contributed by atoms with E-state index in [1.165, 1.54) is 0 Å². The van der Waals surface area contributed by atoms with E-state index in [-0.39, 0.29) is 5.91 Å². The van der Waals surface area contributed by atoms with Gasteiger partial charge in [-0.25, -0.2) is 4.98 Å². The number of carbonyl (C=O) groups is 1. The number of H-pyrrole nitrogens is 1. The molecule has 0 atom stereocenters. The average molecular weight is 373 g/mol. The van der Waals surface area contributed by atoms with Crippen LogP contribution in [-0.4, -0.2) is 32.7 Å². The van der Waals surface area contributed by atoms with Crippen molar-refractivity contribution in [2.45, 2.75) is 27.3 Å². The zero-order valence-corrected chi connectivity index (χ0v) is 16.5. The fraction of sp³-hybridized carbons (Fsp3) is 0.227. The molecule has 2 aromatic heterocycles. The van der Waals surface area contributed by atoms with Crippen molar-refractivity contribution in [2.24, 2.45) is 0 Å². The molecule has 0 fully saturated rings. The van der Waals surface area contributed by atoms with Crippen molar-refractivity contribution in [1.29, 1.82) is 0 Å². The van der Waals surface area contributed by atoms with Gasteiger partial charge in [-0.2, -0.15) is 5.10 Å². The Morgan fingerprint density at radius 2 is 1.89 bits per heavy atom. The second kappa shape index (κ2) is 6.96. The van der Waals surface area contributed by atoms with E-state index in [2.05, 4.69) is 39.1 Å². The summed E-state index contributed by atoms with van der Waals surface area (Å²) in [6, 6.07) is 13.9. The summed E-state index contributed by atoms with van der Waals surface area (Å²) in [5.74, 6) is 0.779. The third-order valence-corrected chi connectivity index (χ3v) is 5.12. The topological polar surface area (TPSA) is 75.6 Å². The number of amides is 1. The molecule has 28 heavy (non-hydrogen) atoms. The van der Waals surface area contributed by atoms with Crippen molar-refractivity contribution in [3.8, 4) is 22.5 Å². The second-order valence-corrected chi connectivity index (χ2v) is 6.82. The molecule has 0 spiro atoms. The molecule has 4 aromatic rings. The summed E-state index contributed by atoms with van der Waals surface area (Å²) in [7, 11) is 1.63. The molecule has 0 aliphatic carbocycles. The lowest BCUT2D eigenvalue weighted by molar-refractivity contribution is 0.0963. The van der Waals surface area contributed by atoms with Gasteiger partial charge in [0.25, 0.3) is 5.91 Å². The van der Waals surface area contributed by atoms with E-state index in [1.807, 2.05) is 44.2 Å². The number of nitrogens with one attached hydrogen (secondary N) is 2. The molecule has 0 aliphatic rings. The van der Waals surface area contributed by atoms with Crippen LogP contribution in [0.25, 0.3) is 33.5 Å². The highest BCUT2D eigenvalue weighted by Crippen LogP contribution is 2.36. The number of hydrogen-bond donors (Lipinski definition) is 2. The van der Waals surface area contributed by atoms with Crippen LogP contribution in [0.15, 0.2) is 42.5 Å². The molecule has 6 heteroatoms. The number of benzene rings is 2. The van der Waals surface area contributed by atoms with Gasteiger partial charge in [-0.15, -0.1) is 0 Å². The van der Waals surface area contributed by atoms with Crippen LogP contribution in [-0.2, 0) is 6.54 Å². The molecule has 6 nitrogen and oxygen atoms in total. The highest BCUT2D eigenvalue weighted by atomic mass is 16.1. The van der Waals surface area contributed by atoms with Crippen molar-refractivity contribution in [1.82, 2.24) is 25.1 Å². The number of aromatic nitrogens is 4. The van der Waals surface area contributed by atoms with E-state index in [9.17, 15) is 4.79 Å². The van der Waals surface area contributed by atoms with Gasteiger partial charge in [-0.3, -0.25) is 9.89 Å². The Hall–Kier alpha value is -3.41. The lowest BCUT2D eigenvalue weighted by Gasteiger charge is -2.12. The molecule has 2 heterocycles. The van der Waals surface area contributed by atoms with E-state index >= 15 is 0 Å². The van der Waals surface area contributed by atoms with Crippen LogP contribution in [0.5, 0.6) is 0 Å². The van der Waals surface area contributed by atoms with Crippen LogP contribution < -0.4 is 5.32 Å². The van der Waals surface area contributed by atoms with Crippen LogP contribution in [0.3, 0.4) is 0 Å². The molecular weight excluding hydrogens is 350 g/mol. The SMILES string of the molecule is CCn1c(-c2ccccc2-c2c(C)n[nH]c2C)nc2cc(C(=O)NC)ccc21. The van der Waals surface area contributed by atoms with Gasteiger partial charge in [0.15, 0.2) is 0 Å². The summed E-state index contributed by atoms with van der Waals surface area (Å²) in [6.45, 7) is 6.93. The third kappa shape index (κ3) is 2.78. The van der Waals surface area contributed by atoms with Gasteiger partial charge in [0.1, 0.15) is 5.82 Å². The van der Waals surface area contributed by atoms with E-state index < -0.39 is 0 Å². The number of rotatable bonds is 4. The third-order valence-electron chi connectivity index (χ3n) is 5.12. The van der Waals surface area contributed by atoms with Crippen LogP contribution >= 0.6 is 0 Å². The monoisotopic (exact) mass is 373 g/mol. The lowest BCUT2D eigenvalue weighted by Crippen LogP contribution is -2.17. The number of imidazole rings is 1. The average Bonchev–Trinajstić information content (AvgIpc) is 3.25. The molecule has 2 aromatic carbocycles. The molecule has 0 bridgehead atoms. The summed E-state index contributed by atoms with van der Waals surface area (Å²) < 4.78 is 2.19. The van der Waals surface area contributed by atoms with Crippen molar-refractivity contribution in [2.75, 3.05) is 7.05 Å². The van der Waals surface area contributed by atoms with Gasteiger partial charge in [-0.05, 0) is 44.5 Å². The number of aryl methyl sites for hydroxylation is 3. The first-order chi connectivity index (χ1) is 13.5. The normalized spacial score (nSPS) is 11.1. The summed E-state index contributed by atoms with van der Waals surface area (Å²) in [5.41, 5.74) is 7.69. The number of nitrogens with zero attached hydrogens (tertiary/aromatic N) is 3. The fourth-order valence-corrected chi connectivity index (χ4v) is 3.78. The first-order valence-corrected chi connectivity index (χ1v) is 9.38. The van der Waals surface area contributed by atoms with Crippen molar-refractivity contribution < 1.29 is 4.79 Å². The Morgan fingerprint density at radius 3 is 2.54 bits per heavy atom. The summed E-state index contributed by atoms with van der Waals surface area (Å²) >= 11 is 0. The minimum Gasteiger partial charge on any atom is -0.355 e. The van der Waals surface area contributed by atoms with E-state index in [0.717, 1.165) is 51.5 Å². The first kappa shape index (κ1) is 18.0. The number of hydrogen-bond acceptors (Lipinski definition) is 3. The molecule has 1 amide bonds. The Balaban J connectivity index is 1.97. The van der Waals surface area contributed by atoms with E-state index in [1.54, 1.807) is 7.05 Å². The maximum Gasteiger partial charge on any atom is 0.251 e. The van der Waals surface area contributed by atoms with Crippen molar-refractivity contribution in [3.05, 3.63) is 59.4 Å². The molecule has 142 valence electrons. The first-order valence-electron chi connectivity index (χ1n) is 9.38. The maximum atomic E-state index is 12.0. The summed E-state index contributed by atoms with van der Waals surface area (Å²) in [5, 5.41) is 10.1. The highest BCUT2D eigenvalue weighted by molar-refractivity contribution is 5.98. The Labute approximate surface area is 163 Å². The van der Waals surface area contributed by atoms with Crippen LogP contribution in [0, 0.1) is 13.8 Å². The zero-order chi connectivity index (χ0) is 19.8. The molecule has 0 radical (unpaired) electrons. The predicted molar refractivity (Wildman–Crippen MR) is 111 cm³/mol. The Kier molecular flexibility index (Phi) is 4.47. The van der Waals surface area contributed by atoms with Gasteiger partial charge in [0.2, 0.25) is 0 Å². The van der Waals surface area contributed by atoms with Gasteiger partial charge in [0.05, 0.1) is 16.7 Å². The molecule has 0 unspecified atom stereocenters. The molecule has 0 saturated heterocycles. The quantitative estimate of drug-likeness (QED) is 0.566. The molecule has 0 saturated carbocycles. The van der Waals surface area contributed by atoms with Crippen LogP contribution in [0.1, 0.15) is 28.7 Å². The number of carbonyl (C=O) groups excluding carboxylic acids is 1. The molecule has 2 N–H and O–H groups in total. The van der Waals surface area contributed by atoms with Crippen LogP contribution in [0.4, 0.5) is 0 Å². The molecule has 4 rings (SSSR count). The minimum atomic E-state index is -0.112. The Bertz CT molecular complexity index is 1170. The van der Waals surface area contributed by atoms with Crippen molar-refractivity contribution in [3.63, 3.8) is 0 Å². The number of aromatic amines is 1.